The molecule has 0 aromatic rings. The summed E-state index contributed by atoms with van der Waals surface area (Å²) in [5.74, 6) is -1.57. The number of hydrogen-bond acceptors (Lipinski definition) is 14. The lowest BCUT2D eigenvalue weighted by atomic mass is 10.0. The topological polar surface area (TPSA) is 231 Å². The number of allylic oxidation sites excluding steroid dienone is 16. The maximum Gasteiger partial charge on any atom is 0.472 e. The van der Waals surface area contributed by atoms with Crippen molar-refractivity contribution in [1.82, 2.24) is 0 Å². The van der Waals surface area contributed by atoms with Gasteiger partial charge in [0.2, 0.25) is 0 Å². The second-order valence-corrected chi connectivity index (χ2v) is 30.8. The van der Waals surface area contributed by atoms with Gasteiger partial charge in [0.25, 0.3) is 0 Å². The van der Waals surface area contributed by atoms with Crippen LogP contribution in [0.3, 0.4) is 0 Å². The first kappa shape index (κ1) is 99.5. The molecule has 0 aliphatic rings. The molecule has 5 atom stereocenters. The monoisotopic (exact) mass is 1490 g/mol. The number of phosphoric acid groups is 2. The van der Waals surface area contributed by atoms with Crippen molar-refractivity contribution >= 4 is 33.6 Å². The molecule has 0 aromatic heterocycles. The quantitative estimate of drug-likeness (QED) is 0.0146. The van der Waals surface area contributed by atoms with Gasteiger partial charge in [-0.15, -0.1) is 0 Å². The fourth-order valence-corrected chi connectivity index (χ4v) is 13.0. The number of aliphatic hydroxyl groups excluding tert-OH is 2. The average Bonchev–Trinajstić information content (AvgIpc) is 0.922. The normalized spacial score (nSPS) is 14.4. The summed E-state index contributed by atoms with van der Waals surface area (Å²) in [4.78, 5) is 58.7. The highest BCUT2D eigenvalue weighted by Gasteiger charge is 2.29. The zero-order valence-corrected chi connectivity index (χ0v) is 67.3. The summed E-state index contributed by atoms with van der Waals surface area (Å²) in [6, 6.07) is 0. The first-order chi connectivity index (χ1) is 50.2. The number of carbonyl (C=O) groups is 3. The predicted molar refractivity (Wildman–Crippen MR) is 427 cm³/mol. The molecule has 0 fully saturated rings. The Hall–Kier alpha value is -3.53. The molecule has 598 valence electrons. The van der Waals surface area contributed by atoms with E-state index >= 15 is 0 Å². The molecule has 0 bridgehead atoms. The standard InChI is InChI=1S/C85H152O16P2/c1-4-7-10-13-16-19-22-25-28-30-32-34-36-38-39-41-43-44-46-48-51-53-56-59-62-65-68-71-83(88)95-74-80(86)75-97-102(91,92)98-76-81(87)77-99-103(93,94)100-79-82(101-85(90)73-70-67-64-61-58-55-50-27-24-21-18-15-12-9-6-3)78-96-84(89)72-69-66-63-60-57-54-52-49-47-45-42-40-37-35-33-31-29-26-23-20-17-14-11-8-5-2/h16-17,19-20,25-26,28-29,32-35,38-40,42,80-82,86-87H,4-15,18,21-24,27,30-31,36-37,41,43-79H2,1-3H3,(H,91,92)(H,93,94)/b19-16-,20-17-,28-25-,29-26-,34-32-,35-33-,39-38-,42-40-. The van der Waals surface area contributed by atoms with Crippen molar-refractivity contribution in [3.8, 4) is 0 Å². The first-order valence-electron chi connectivity index (χ1n) is 41.5. The third kappa shape index (κ3) is 79.3. The summed E-state index contributed by atoms with van der Waals surface area (Å²) in [6.45, 7) is 2.67. The van der Waals surface area contributed by atoms with Crippen LogP contribution in [0, 0.1) is 0 Å². The highest BCUT2D eigenvalue weighted by atomic mass is 31.2. The molecule has 0 aliphatic carbocycles. The Morgan fingerprint density at radius 3 is 0.786 bits per heavy atom. The molecule has 16 nitrogen and oxygen atoms in total. The van der Waals surface area contributed by atoms with Gasteiger partial charge in [0, 0.05) is 19.3 Å². The van der Waals surface area contributed by atoms with Gasteiger partial charge >= 0.3 is 33.6 Å². The van der Waals surface area contributed by atoms with Crippen LogP contribution < -0.4 is 0 Å². The number of aliphatic hydroxyl groups is 2. The second-order valence-electron chi connectivity index (χ2n) is 27.9. The molecule has 0 saturated heterocycles. The van der Waals surface area contributed by atoms with E-state index in [1.54, 1.807) is 0 Å². The predicted octanol–water partition coefficient (Wildman–Crippen LogP) is 24.5. The number of rotatable bonds is 79. The number of hydrogen-bond donors (Lipinski definition) is 4. The molecule has 0 saturated carbocycles. The van der Waals surface area contributed by atoms with Crippen LogP contribution in [0.15, 0.2) is 97.2 Å². The molecule has 0 aromatic carbocycles. The van der Waals surface area contributed by atoms with E-state index < -0.39 is 91.5 Å². The zero-order chi connectivity index (χ0) is 75.2. The Kier molecular flexibility index (Phi) is 75.4. The summed E-state index contributed by atoms with van der Waals surface area (Å²) in [6.07, 6.45) is 90.1. The van der Waals surface area contributed by atoms with E-state index in [1.165, 1.54) is 186 Å². The Morgan fingerprint density at radius 2 is 0.485 bits per heavy atom. The van der Waals surface area contributed by atoms with Crippen LogP contribution in [-0.2, 0) is 55.8 Å². The van der Waals surface area contributed by atoms with E-state index in [-0.39, 0.29) is 19.3 Å². The fraction of sp³-hybridized carbons (Fsp3) is 0.776. The molecule has 4 N–H and O–H groups in total. The van der Waals surface area contributed by atoms with Gasteiger partial charge in [0.1, 0.15) is 25.4 Å². The Morgan fingerprint density at radius 1 is 0.272 bits per heavy atom. The van der Waals surface area contributed by atoms with Crippen molar-refractivity contribution in [1.29, 1.82) is 0 Å². The SMILES string of the molecule is CCCCC/C=C\C/C=C\C/C=C\C/C=C\CCCCCCCCCCCCCC(=O)OCC(O)COP(=O)(O)OCC(O)COP(=O)(O)OCC(COC(=O)CCCCCCCCCCC/C=C\C/C=C\C/C=C\C/C=C\CCCCC)OC(=O)CCCCCCCCCCCCCCCCC. The Labute approximate surface area is 628 Å². The lowest BCUT2D eigenvalue weighted by molar-refractivity contribution is -0.161. The highest BCUT2D eigenvalue weighted by Crippen LogP contribution is 2.45. The zero-order valence-electron chi connectivity index (χ0n) is 65.5. The Balaban J connectivity index is 4.55. The van der Waals surface area contributed by atoms with E-state index in [2.05, 4.69) is 118 Å². The van der Waals surface area contributed by atoms with E-state index in [0.717, 1.165) is 122 Å². The van der Waals surface area contributed by atoms with E-state index in [1.807, 2.05) is 0 Å². The van der Waals surface area contributed by atoms with Crippen molar-refractivity contribution < 1.29 is 75.8 Å². The molecule has 0 radical (unpaired) electrons. The van der Waals surface area contributed by atoms with Gasteiger partial charge in [-0.3, -0.25) is 32.5 Å². The lowest BCUT2D eigenvalue weighted by Gasteiger charge is -2.21. The number of ether oxygens (including phenoxy) is 3. The van der Waals surface area contributed by atoms with Crippen LogP contribution in [0.5, 0.6) is 0 Å². The third-order valence-electron chi connectivity index (χ3n) is 17.8. The molecule has 0 spiro atoms. The summed E-state index contributed by atoms with van der Waals surface area (Å²) in [5, 5.41) is 20.7. The van der Waals surface area contributed by atoms with Gasteiger partial charge in [0.15, 0.2) is 6.10 Å². The summed E-state index contributed by atoms with van der Waals surface area (Å²) in [5.41, 5.74) is 0. The second kappa shape index (κ2) is 78.1. The molecule has 18 heteroatoms. The van der Waals surface area contributed by atoms with Gasteiger partial charge in [-0.05, 0) is 109 Å². The molecule has 0 rings (SSSR count). The largest absolute Gasteiger partial charge is 0.472 e. The van der Waals surface area contributed by atoms with Gasteiger partial charge in [-0.2, -0.15) is 0 Å². The molecule has 0 amide bonds. The summed E-state index contributed by atoms with van der Waals surface area (Å²) in [7, 11) is -9.79. The van der Waals surface area contributed by atoms with E-state index in [9.17, 15) is 43.5 Å². The Bertz CT molecular complexity index is 2260. The van der Waals surface area contributed by atoms with Gasteiger partial charge in [-0.25, -0.2) is 9.13 Å². The van der Waals surface area contributed by atoms with Crippen molar-refractivity contribution in [3.05, 3.63) is 97.2 Å². The van der Waals surface area contributed by atoms with E-state index in [0.29, 0.717) is 19.3 Å². The molecule has 0 heterocycles. The van der Waals surface area contributed by atoms with E-state index in [4.69, 9.17) is 32.3 Å². The average molecular weight is 1490 g/mol. The maximum atomic E-state index is 13.0. The molecule has 5 unspecified atom stereocenters. The fourth-order valence-electron chi connectivity index (χ4n) is 11.4. The smallest absolute Gasteiger partial charge is 0.463 e. The van der Waals surface area contributed by atoms with Crippen LogP contribution in [0.1, 0.15) is 367 Å². The summed E-state index contributed by atoms with van der Waals surface area (Å²) >= 11 is 0. The van der Waals surface area contributed by atoms with Crippen LogP contribution in [-0.4, -0.2) is 95.9 Å². The summed E-state index contributed by atoms with van der Waals surface area (Å²) < 4.78 is 61.3. The molecular weight excluding hydrogens is 1340 g/mol. The molecular formula is C85H152O16P2. The van der Waals surface area contributed by atoms with Crippen LogP contribution in [0.4, 0.5) is 0 Å². The minimum absolute atomic E-state index is 0.107. The van der Waals surface area contributed by atoms with Crippen LogP contribution in [0.2, 0.25) is 0 Å². The van der Waals surface area contributed by atoms with Gasteiger partial charge in [-0.1, -0.05) is 336 Å². The lowest BCUT2D eigenvalue weighted by Crippen LogP contribution is -2.30. The highest BCUT2D eigenvalue weighted by molar-refractivity contribution is 7.47. The number of unbranched alkanes of at least 4 members (excludes halogenated alkanes) is 40. The van der Waals surface area contributed by atoms with Crippen molar-refractivity contribution in [2.45, 2.75) is 386 Å². The number of carbonyl (C=O) groups excluding carboxylic acids is 3. The van der Waals surface area contributed by atoms with Crippen molar-refractivity contribution in [2.24, 2.45) is 0 Å². The molecule has 0 aliphatic heterocycles. The minimum atomic E-state index is -4.93. The first-order valence-corrected chi connectivity index (χ1v) is 44.5. The number of phosphoric ester groups is 2. The third-order valence-corrected chi connectivity index (χ3v) is 19.7. The van der Waals surface area contributed by atoms with Crippen LogP contribution in [0.25, 0.3) is 0 Å². The molecule has 103 heavy (non-hydrogen) atoms. The maximum absolute atomic E-state index is 13.0. The number of esters is 3. The van der Waals surface area contributed by atoms with Crippen molar-refractivity contribution in [2.75, 3.05) is 39.6 Å². The van der Waals surface area contributed by atoms with Crippen LogP contribution >= 0.6 is 15.6 Å². The van der Waals surface area contributed by atoms with Crippen molar-refractivity contribution in [3.63, 3.8) is 0 Å². The van der Waals surface area contributed by atoms with Gasteiger partial charge < -0.3 is 34.2 Å². The minimum Gasteiger partial charge on any atom is -0.463 e. The van der Waals surface area contributed by atoms with Gasteiger partial charge in [0.05, 0.1) is 26.4 Å².